The molecule has 2 aromatic carbocycles. The van der Waals surface area contributed by atoms with E-state index in [0.717, 1.165) is 40.4 Å². The molecule has 5 rings (SSSR count). The van der Waals surface area contributed by atoms with Crippen molar-refractivity contribution in [3.8, 4) is 17.0 Å². The zero-order valence-corrected chi connectivity index (χ0v) is 16.8. The van der Waals surface area contributed by atoms with Crippen LogP contribution >= 0.6 is 0 Å². The summed E-state index contributed by atoms with van der Waals surface area (Å²) in [5, 5.41) is 3.40. The van der Waals surface area contributed by atoms with Crippen molar-refractivity contribution in [3.05, 3.63) is 71.7 Å². The first-order valence-electron chi connectivity index (χ1n) is 9.65. The number of ether oxygens (including phenoxy) is 2. The van der Waals surface area contributed by atoms with Crippen LogP contribution in [0.4, 0.5) is 11.5 Å². The van der Waals surface area contributed by atoms with Gasteiger partial charge in [-0.25, -0.2) is 9.97 Å². The van der Waals surface area contributed by atoms with Crippen LogP contribution < -0.4 is 10.1 Å². The van der Waals surface area contributed by atoms with Crippen LogP contribution in [0.2, 0.25) is 0 Å². The summed E-state index contributed by atoms with van der Waals surface area (Å²) in [4.78, 5) is 13.7. The van der Waals surface area contributed by atoms with Crippen LogP contribution in [-0.4, -0.2) is 34.8 Å². The molecule has 1 aliphatic rings. The summed E-state index contributed by atoms with van der Waals surface area (Å²) >= 11 is 0. The number of hydrogen-bond donors (Lipinski definition) is 1. The lowest BCUT2D eigenvalue weighted by Crippen LogP contribution is -2.02. The normalized spacial score (nSPS) is 12.3. The molecule has 0 radical (unpaired) electrons. The Morgan fingerprint density at radius 2 is 2.07 bits per heavy atom. The number of anilines is 2. The van der Waals surface area contributed by atoms with E-state index < -0.39 is 0 Å². The Kier molecular flexibility index (Phi) is 4.65. The molecule has 0 fully saturated rings. The number of aromatic nitrogens is 3. The number of hydrogen-bond acceptors (Lipinski definition) is 6. The summed E-state index contributed by atoms with van der Waals surface area (Å²) < 4.78 is 12.7. The second-order valence-electron chi connectivity index (χ2n) is 7.10. The molecule has 7 nitrogen and oxygen atoms in total. The largest absolute Gasteiger partial charge is 0.496 e. The van der Waals surface area contributed by atoms with Crippen LogP contribution in [-0.2, 0) is 17.9 Å². The SMILES string of the molecule is COCc1ccc(Nc2nc(-c3ccc4c(c3)CN=C4)cn3ccnc23)cc1OC. The van der Waals surface area contributed by atoms with Crippen molar-refractivity contribution in [2.75, 3.05) is 19.5 Å². The van der Waals surface area contributed by atoms with Gasteiger partial charge in [-0.3, -0.25) is 4.99 Å². The van der Waals surface area contributed by atoms with Crippen molar-refractivity contribution in [2.24, 2.45) is 4.99 Å². The molecule has 7 heteroatoms. The van der Waals surface area contributed by atoms with E-state index in [0.29, 0.717) is 12.4 Å². The van der Waals surface area contributed by atoms with Crippen LogP contribution in [0.1, 0.15) is 16.7 Å². The fraction of sp³-hybridized carbons (Fsp3) is 0.174. The van der Waals surface area contributed by atoms with Crippen molar-refractivity contribution in [2.45, 2.75) is 13.2 Å². The molecule has 30 heavy (non-hydrogen) atoms. The quantitative estimate of drug-likeness (QED) is 0.525. The van der Waals surface area contributed by atoms with Crippen LogP contribution in [0, 0.1) is 0 Å². The van der Waals surface area contributed by atoms with Gasteiger partial charge in [0.25, 0.3) is 0 Å². The standard InChI is InChI=1S/C23H21N5O2/c1-29-14-17-5-6-19(10-21(17)30-2)26-22-23-25-7-8-28(23)13-20(27-22)15-3-4-16-11-24-12-18(16)9-15/h3-11,13H,12,14H2,1-2H3,(H,26,27). The number of benzene rings is 2. The minimum absolute atomic E-state index is 0.490. The highest BCUT2D eigenvalue weighted by molar-refractivity contribution is 5.86. The van der Waals surface area contributed by atoms with Gasteiger partial charge < -0.3 is 19.2 Å². The van der Waals surface area contributed by atoms with E-state index in [-0.39, 0.29) is 0 Å². The average molecular weight is 399 g/mol. The maximum Gasteiger partial charge on any atom is 0.180 e. The van der Waals surface area contributed by atoms with Gasteiger partial charge in [0, 0.05) is 54.8 Å². The first-order valence-corrected chi connectivity index (χ1v) is 9.65. The third-order valence-corrected chi connectivity index (χ3v) is 5.15. The zero-order chi connectivity index (χ0) is 20.5. The second kappa shape index (κ2) is 7.61. The molecule has 2 aromatic heterocycles. The number of nitrogens with zero attached hydrogens (tertiary/aromatic N) is 4. The number of fused-ring (bicyclic) bond motifs is 2. The van der Waals surface area contributed by atoms with Crippen molar-refractivity contribution >= 4 is 23.4 Å². The van der Waals surface area contributed by atoms with E-state index >= 15 is 0 Å². The highest BCUT2D eigenvalue weighted by Gasteiger charge is 2.13. The monoisotopic (exact) mass is 399 g/mol. The lowest BCUT2D eigenvalue weighted by Gasteiger charge is -2.13. The van der Waals surface area contributed by atoms with Crippen molar-refractivity contribution in [1.29, 1.82) is 0 Å². The lowest BCUT2D eigenvalue weighted by atomic mass is 10.0. The molecular formula is C23H21N5O2. The first-order chi connectivity index (χ1) is 14.7. The number of rotatable bonds is 6. The van der Waals surface area contributed by atoms with Crippen LogP contribution in [0.25, 0.3) is 16.9 Å². The van der Waals surface area contributed by atoms with Gasteiger partial charge in [-0.05, 0) is 23.3 Å². The molecule has 0 saturated heterocycles. The molecule has 1 aliphatic heterocycles. The van der Waals surface area contributed by atoms with Gasteiger partial charge in [0.05, 0.1) is 26.0 Å². The fourth-order valence-corrected chi connectivity index (χ4v) is 3.66. The topological polar surface area (TPSA) is 73.0 Å². The maximum absolute atomic E-state index is 5.51. The molecule has 0 saturated carbocycles. The average Bonchev–Trinajstić information content (AvgIpc) is 3.43. The van der Waals surface area contributed by atoms with Gasteiger partial charge in [0.2, 0.25) is 0 Å². The van der Waals surface area contributed by atoms with Gasteiger partial charge >= 0.3 is 0 Å². The molecule has 0 aliphatic carbocycles. The Morgan fingerprint density at radius 3 is 2.93 bits per heavy atom. The molecule has 0 atom stereocenters. The fourth-order valence-electron chi connectivity index (χ4n) is 3.66. The van der Waals surface area contributed by atoms with Crippen molar-refractivity contribution < 1.29 is 9.47 Å². The number of aliphatic imine (C=N–C) groups is 1. The summed E-state index contributed by atoms with van der Waals surface area (Å²) in [6, 6.07) is 12.2. The van der Waals surface area contributed by atoms with Crippen molar-refractivity contribution in [1.82, 2.24) is 14.4 Å². The van der Waals surface area contributed by atoms with Gasteiger partial charge in [-0.2, -0.15) is 0 Å². The molecule has 0 spiro atoms. The smallest absolute Gasteiger partial charge is 0.180 e. The van der Waals surface area contributed by atoms with E-state index in [2.05, 4.69) is 33.5 Å². The maximum atomic E-state index is 5.51. The number of nitrogens with one attached hydrogen (secondary N) is 1. The van der Waals surface area contributed by atoms with Crippen LogP contribution in [0.15, 0.2) is 60.0 Å². The summed E-state index contributed by atoms with van der Waals surface area (Å²) in [5.74, 6) is 1.44. The van der Waals surface area contributed by atoms with Crippen molar-refractivity contribution in [3.63, 3.8) is 0 Å². The summed E-state index contributed by atoms with van der Waals surface area (Å²) in [6.45, 7) is 1.21. The predicted molar refractivity (Wildman–Crippen MR) is 117 cm³/mol. The number of methoxy groups -OCH3 is 2. The lowest BCUT2D eigenvalue weighted by molar-refractivity contribution is 0.181. The minimum Gasteiger partial charge on any atom is -0.496 e. The summed E-state index contributed by atoms with van der Waals surface area (Å²) in [6.07, 6.45) is 7.60. The molecular weight excluding hydrogens is 378 g/mol. The number of imidazole rings is 1. The Bertz CT molecular complexity index is 1260. The second-order valence-corrected chi connectivity index (χ2v) is 7.10. The first kappa shape index (κ1) is 18.3. The Balaban J connectivity index is 1.54. The van der Waals surface area contributed by atoms with E-state index in [1.54, 1.807) is 20.4 Å². The molecule has 0 bridgehead atoms. The molecule has 3 heterocycles. The summed E-state index contributed by atoms with van der Waals surface area (Å²) in [5.41, 5.74) is 6.90. The summed E-state index contributed by atoms with van der Waals surface area (Å²) in [7, 11) is 3.32. The van der Waals surface area contributed by atoms with E-state index in [9.17, 15) is 0 Å². The zero-order valence-electron chi connectivity index (χ0n) is 16.8. The van der Waals surface area contributed by atoms with Crippen LogP contribution in [0.3, 0.4) is 0 Å². The third-order valence-electron chi connectivity index (χ3n) is 5.15. The Hall–Kier alpha value is -3.71. The van der Waals surface area contributed by atoms with Gasteiger partial charge in [-0.1, -0.05) is 18.2 Å². The Morgan fingerprint density at radius 1 is 1.13 bits per heavy atom. The highest BCUT2D eigenvalue weighted by atomic mass is 16.5. The van der Waals surface area contributed by atoms with Crippen LogP contribution in [0.5, 0.6) is 5.75 Å². The molecule has 4 aromatic rings. The molecule has 0 amide bonds. The van der Waals surface area contributed by atoms with Gasteiger partial charge in [0.15, 0.2) is 11.5 Å². The molecule has 150 valence electrons. The van der Waals surface area contributed by atoms with E-state index in [1.165, 1.54) is 11.1 Å². The van der Waals surface area contributed by atoms with Gasteiger partial charge in [0.1, 0.15) is 5.75 Å². The van der Waals surface area contributed by atoms with Gasteiger partial charge in [-0.15, -0.1) is 0 Å². The molecule has 1 N–H and O–H groups in total. The van der Waals surface area contributed by atoms with E-state index in [1.807, 2.05) is 41.2 Å². The van der Waals surface area contributed by atoms with E-state index in [4.69, 9.17) is 14.5 Å². The molecule has 0 unspecified atom stereocenters. The Labute approximate surface area is 174 Å². The highest BCUT2D eigenvalue weighted by Crippen LogP contribution is 2.29. The predicted octanol–water partition coefficient (Wildman–Crippen LogP) is 4.23. The minimum atomic E-state index is 0.490. The third kappa shape index (κ3) is 3.29.